The summed E-state index contributed by atoms with van der Waals surface area (Å²) in [4.78, 5) is 23.0. The smallest absolute Gasteiger partial charge is 0.387 e. The second-order valence-corrected chi connectivity index (χ2v) is 18.9. The molecule has 8 nitrogen and oxygen atoms in total. The summed E-state index contributed by atoms with van der Waals surface area (Å²) in [5.74, 6) is -0.193. The van der Waals surface area contributed by atoms with Crippen molar-refractivity contribution in [2.45, 2.75) is 212 Å². The number of rotatable bonds is 43. The number of phosphoric acid groups is 1. The van der Waals surface area contributed by atoms with E-state index in [4.69, 9.17) is 9.05 Å². The summed E-state index contributed by atoms with van der Waals surface area (Å²) in [6.45, 7) is 4.69. The van der Waals surface area contributed by atoms with Gasteiger partial charge in [-0.15, -0.1) is 0 Å². The van der Waals surface area contributed by atoms with E-state index in [1.165, 1.54) is 128 Å². The SMILES string of the molecule is CCCC/C=C/CC/C=C/C(O)C(COP(=O)(O)OCC[N+](C)(C)C)NC(=O)CCCCCCCCCCCCCCCC/C=C\C/C=C\C/C=C\CCCCCCC. The molecule has 0 aromatic heterocycles. The van der Waals surface area contributed by atoms with Crippen LogP contribution in [0.1, 0.15) is 200 Å². The first-order valence-corrected chi connectivity index (χ1v) is 25.7. The van der Waals surface area contributed by atoms with Crippen LogP contribution < -0.4 is 5.32 Å². The molecule has 0 aliphatic rings. The minimum atomic E-state index is -4.34. The number of unbranched alkanes of at least 4 members (excludes halogenated alkanes) is 22. The van der Waals surface area contributed by atoms with E-state index in [9.17, 15) is 19.4 Å². The standard InChI is InChI=1S/C50H93N2O6P/c1-6-8-10-12-14-16-17-18-19-20-21-22-23-24-25-26-27-28-29-30-31-32-33-34-35-36-38-40-42-44-50(54)51-48(47-58-59(55,56)57-46-45-52(3,4)5)49(53)43-41-39-37-15-13-11-9-7-2/h13,15,17-18,20-21,23-24,41,43,48-49,53H,6-12,14,16,19,22,25-40,42,44-47H2,1-5H3,(H-,51,54,55,56)/p+1/b15-13+,18-17-,21-20-,24-23-,43-41+. The number of nitrogens with one attached hydrogen (secondary N) is 1. The van der Waals surface area contributed by atoms with Crippen molar-refractivity contribution in [3.05, 3.63) is 60.8 Å². The van der Waals surface area contributed by atoms with Gasteiger partial charge in [0, 0.05) is 6.42 Å². The van der Waals surface area contributed by atoms with Gasteiger partial charge in [0.2, 0.25) is 5.91 Å². The zero-order chi connectivity index (χ0) is 43.6. The van der Waals surface area contributed by atoms with Crippen LogP contribution in [0.3, 0.4) is 0 Å². The number of phosphoric ester groups is 1. The molecule has 1 amide bonds. The molecule has 0 fully saturated rings. The number of carbonyl (C=O) groups is 1. The largest absolute Gasteiger partial charge is 0.472 e. The average molecular weight is 850 g/mol. The molecule has 0 saturated carbocycles. The number of aliphatic hydroxyl groups excluding tert-OH is 1. The Morgan fingerprint density at radius 3 is 1.53 bits per heavy atom. The molecular weight excluding hydrogens is 756 g/mol. The van der Waals surface area contributed by atoms with Crippen LogP contribution >= 0.6 is 7.82 Å². The van der Waals surface area contributed by atoms with Crippen LogP contribution in [-0.2, 0) is 18.4 Å². The van der Waals surface area contributed by atoms with E-state index < -0.39 is 20.0 Å². The fraction of sp³-hybridized carbons (Fsp3) is 0.780. The maximum Gasteiger partial charge on any atom is 0.472 e. The molecule has 0 saturated heterocycles. The topological polar surface area (TPSA) is 105 Å². The summed E-state index contributed by atoms with van der Waals surface area (Å²) in [5, 5.41) is 13.7. The molecule has 0 spiro atoms. The van der Waals surface area contributed by atoms with Gasteiger partial charge in [0.15, 0.2) is 0 Å². The lowest BCUT2D eigenvalue weighted by Crippen LogP contribution is -2.45. The summed E-state index contributed by atoms with van der Waals surface area (Å²) < 4.78 is 23.5. The first-order chi connectivity index (χ1) is 28.5. The highest BCUT2D eigenvalue weighted by atomic mass is 31.2. The molecule has 0 bridgehead atoms. The Balaban J connectivity index is 4.06. The summed E-state index contributed by atoms with van der Waals surface area (Å²) in [7, 11) is 1.55. The molecule has 0 radical (unpaired) electrons. The molecule has 0 aromatic rings. The van der Waals surface area contributed by atoms with Crippen LogP contribution in [0.15, 0.2) is 60.8 Å². The molecule has 344 valence electrons. The molecule has 9 heteroatoms. The van der Waals surface area contributed by atoms with Gasteiger partial charge >= 0.3 is 7.82 Å². The van der Waals surface area contributed by atoms with E-state index in [1.54, 1.807) is 6.08 Å². The zero-order valence-electron chi connectivity index (χ0n) is 39.0. The molecule has 0 aromatic carbocycles. The van der Waals surface area contributed by atoms with Crippen molar-refractivity contribution in [2.75, 3.05) is 40.9 Å². The monoisotopic (exact) mass is 850 g/mol. The van der Waals surface area contributed by atoms with E-state index in [0.717, 1.165) is 51.4 Å². The third-order valence-electron chi connectivity index (χ3n) is 10.5. The molecular formula is C50H94N2O6P+. The molecule has 59 heavy (non-hydrogen) atoms. The van der Waals surface area contributed by atoms with Gasteiger partial charge in [-0.1, -0.05) is 190 Å². The Hall–Kier alpha value is -1.80. The van der Waals surface area contributed by atoms with Gasteiger partial charge in [-0.25, -0.2) is 4.57 Å². The number of amides is 1. The maximum atomic E-state index is 12.8. The van der Waals surface area contributed by atoms with Gasteiger partial charge in [-0.2, -0.15) is 0 Å². The summed E-state index contributed by atoms with van der Waals surface area (Å²) in [6, 6.07) is -0.862. The van der Waals surface area contributed by atoms with E-state index in [1.807, 2.05) is 27.2 Å². The van der Waals surface area contributed by atoms with E-state index >= 15 is 0 Å². The van der Waals surface area contributed by atoms with E-state index in [0.29, 0.717) is 17.4 Å². The third kappa shape index (κ3) is 44.1. The summed E-state index contributed by atoms with van der Waals surface area (Å²) in [5.41, 5.74) is 0. The molecule has 3 atom stereocenters. The number of aliphatic hydroxyl groups is 1. The molecule has 0 aliphatic carbocycles. The highest BCUT2D eigenvalue weighted by Crippen LogP contribution is 2.43. The highest BCUT2D eigenvalue weighted by Gasteiger charge is 2.27. The van der Waals surface area contributed by atoms with Crippen LogP contribution in [-0.4, -0.2) is 73.4 Å². The van der Waals surface area contributed by atoms with Crippen LogP contribution in [0.4, 0.5) is 0 Å². The summed E-state index contributed by atoms with van der Waals surface area (Å²) in [6.07, 6.45) is 54.7. The highest BCUT2D eigenvalue weighted by molar-refractivity contribution is 7.47. The maximum absolute atomic E-state index is 12.8. The first-order valence-electron chi connectivity index (χ1n) is 24.2. The number of likely N-dealkylation sites (N-methyl/N-ethyl adjacent to an activating group) is 1. The molecule has 0 heterocycles. The Morgan fingerprint density at radius 1 is 0.576 bits per heavy atom. The number of quaternary nitrogens is 1. The van der Waals surface area contributed by atoms with E-state index in [-0.39, 0.29) is 19.1 Å². The Bertz CT molecular complexity index is 1140. The normalized spacial score (nSPS) is 14.8. The molecule has 0 rings (SSSR count). The zero-order valence-corrected chi connectivity index (χ0v) is 39.9. The van der Waals surface area contributed by atoms with Crippen molar-refractivity contribution in [1.29, 1.82) is 0 Å². The predicted molar refractivity (Wildman–Crippen MR) is 254 cm³/mol. The van der Waals surface area contributed by atoms with Gasteiger partial charge in [-0.3, -0.25) is 13.8 Å². The molecule has 0 aliphatic heterocycles. The van der Waals surface area contributed by atoms with Gasteiger partial charge in [0.25, 0.3) is 0 Å². The number of allylic oxidation sites excluding steroid dienone is 9. The van der Waals surface area contributed by atoms with Crippen LogP contribution in [0.2, 0.25) is 0 Å². The van der Waals surface area contributed by atoms with Crippen molar-refractivity contribution < 1.29 is 32.9 Å². The number of hydrogen-bond acceptors (Lipinski definition) is 5. The lowest BCUT2D eigenvalue weighted by Gasteiger charge is -2.25. The third-order valence-corrected chi connectivity index (χ3v) is 11.4. The molecule has 3 N–H and O–H groups in total. The minimum absolute atomic E-state index is 0.0540. The quantitative estimate of drug-likeness (QED) is 0.0244. The lowest BCUT2D eigenvalue weighted by atomic mass is 10.0. The van der Waals surface area contributed by atoms with Crippen molar-refractivity contribution in [2.24, 2.45) is 0 Å². The lowest BCUT2D eigenvalue weighted by molar-refractivity contribution is -0.870. The Labute approximate surface area is 364 Å². The summed E-state index contributed by atoms with van der Waals surface area (Å²) >= 11 is 0. The number of carbonyl (C=O) groups excluding carboxylic acids is 1. The van der Waals surface area contributed by atoms with Crippen molar-refractivity contribution in [3.63, 3.8) is 0 Å². The van der Waals surface area contributed by atoms with Crippen molar-refractivity contribution in [3.8, 4) is 0 Å². The van der Waals surface area contributed by atoms with Crippen molar-refractivity contribution in [1.82, 2.24) is 5.32 Å². The van der Waals surface area contributed by atoms with Gasteiger partial charge in [-0.05, 0) is 64.2 Å². The number of nitrogens with zero attached hydrogens (tertiary/aromatic N) is 1. The van der Waals surface area contributed by atoms with Crippen LogP contribution in [0.25, 0.3) is 0 Å². The molecule has 3 unspecified atom stereocenters. The first kappa shape index (κ1) is 57.2. The fourth-order valence-corrected chi connectivity index (χ4v) is 7.31. The van der Waals surface area contributed by atoms with Crippen molar-refractivity contribution >= 4 is 13.7 Å². The second-order valence-electron chi connectivity index (χ2n) is 17.5. The van der Waals surface area contributed by atoms with Crippen LogP contribution in [0.5, 0.6) is 0 Å². The average Bonchev–Trinajstić information content (AvgIpc) is 3.19. The van der Waals surface area contributed by atoms with Gasteiger partial charge < -0.3 is 19.8 Å². The Morgan fingerprint density at radius 2 is 1.00 bits per heavy atom. The van der Waals surface area contributed by atoms with Gasteiger partial charge in [0.1, 0.15) is 13.2 Å². The Kier molecular flexibility index (Phi) is 40.3. The minimum Gasteiger partial charge on any atom is -0.387 e. The van der Waals surface area contributed by atoms with Gasteiger partial charge in [0.05, 0.1) is 39.9 Å². The van der Waals surface area contributed by atoms with E-state index in [2.05, 4.69) is 67.8 Å². The number of hydrogen-bond donors (Lipinski definition) is 3. The predicted octanol–water partition coefficient (Wildman–Crippen LogP) is 13.8. The fourth-order valence-electron chi connectivity index (χ4n) is 6.58. The van der Waals surface area contributed by atoms with Crippen LogP contribution in [0, 0.1) is 0 Å². The second kappa shape index (κ2) is 41.5.